The summed E-state index contributed by atoms with van der Waals surface area (Å²) in [6, 6.07) is 11.3. The number of hydrogen-bond donors (Lipinski definition) is 3. The number of nitrogens with two attached hydrogens (primary N) is 1. The van der Waals surface area contributed by atoms with E-state index in [-0.39, 0.29) is 45.7 Å². The van der Waals surface area contributed by atoms with Crippen molar-refractivity contribution in [1.29, 1.82) is 0 Å². The van der Waals surface area contributed by atoms with Gasteiger partial charge >= 0.3 is 0 Å². The zero-order valence-electron chi connectivity index (χ0n) is 21.9. The SMILES string of the molecule is Nc1nccc(Oc2ccc(NC(=O)c3ccnn(-c4ccc(F)cc4)c3=O)cc2F)c1C#CC(=O)N1CCNCC1. The number of halogens is 2. The fourth-order valence-electron chi connectivity index (χ4n) is 4.06. The molecule has 0 bridgehead atoms. The Balaban J connectivity index is 1.32. The monoisotopic (exact) mass is 571 g/mol. The van der Waals surface area contributed by atoms with Gasteiger partial charge in [0.15, 0.2) is 11.6 Å². The molecule has 1 aliphatic heterocycles. The maximum absolute atomic E-state index is 15.0. The van der Waals surface area contributed by atoms with E-state index in [1.807, 2.05) is 0 Å². The van der Waals surface area contributed by atoms with Crippen LogP contribution in [0.3, 0.4) is 0 Å². The highest BCUT2D eigenvalue weighted by Gasteiger charge is 2.17. The minimum Gasteiger partial charge on any atom is -0.453 e. The van der Waals surface area contributed by atoms with Gasteiger partial charge in [-0.1, -0.05) is 0 Å². The third-order valence-electron chi connectivity index (χ3n) is 6.21. The Hall–Kier alpha value is -5.61. The van der Waals surface area contributed by atoms with Crippen LogP contribution >= 0.6 is 0 Å². The van der Waals surface area contributed by atoms with E-state index < -0.39 is 23.1 Å². The second-order valence-electron chi connectivity index (χ2n) is 9.00. The Morgan fingerprint density at radius 2 is 1.76 bits per heavy atom. The quantitative estimate of drug-likeness (QED) is 0.310. The van der Waals surface area contributed by atoms with Crippen LogP contribution in [-0.4, -0.2) is 57.7 Å². The van der Waals surface area contributed by atoms with Crippen molar-refractivity contribution in [3.05, 3.63) is 100 Å². The number of hydrogen-bond acceptors (Lipinski definition) is 8. The van der Waals surface area contributed by atoms with E-state index in [1.54, 1.807) is 4.90 Å². The number of nitrogen functional groups attached to an aromatic ring is 1. The molecule has 1 fully saturated rings. The predicted octanol–water partition coefficient (Wildman–Crippen LogP) is 2.32. The first kappa shape index (κ1) is 27.9. The topological polar surface area (TPSA) is 144 Å². The van der Waals surface area contributed by atoms with Gasteiger partial charge in [0.05, 0.1) is 5.69 Å². The van der Waals surface area contributed by atoms with Gasteiger partial charge in [0.2, 0.25) is 0 Å². The molecule has 0 spiro atoms. The van der Waals surface area contributed by atoms with Crippen molar-refractivity contribution in [2.45, 2.75) is 0 Å². The summed E-state index contributed by atoms with van der Waals surface area (Å²) in [7, 11) is 0. The first-order chi connectivity index (χ1) is 20.3. The van der Waals surface area contributed by atoms with Crippen LogP contribution in [0.2, 0.25) is 0 Å². The standard InChI is InChI=1S/C29H23F2N7O4/c30-18-1-4-20(5-2-18)38-29(41)22(9-12-35-38)28(40)36-19-3-7-25(23(31)17-19)42-24-10-11-34-27(32)21(24)6-8-26(39)37-15-13-33-14-16-37/h1-5,7,9-12,17,33H,13-16H2,(H2,32,34)(H,36,40). The smallest absolute Gasteiger partial charge is 0.298 e. The number of aromatic nitrogens is 3. The van der Waals surface area contributed by atoms with E-state index in [9.17, 15) is 18.8 Å². The molecule has 0 aliphatic carbocycles. The van der Waals surface area contributed by atoms with E-state index in [0.29, 0.717) is 26.2 Å². The summed E-state index contributed by atoms with van der Waals surface area (Å²) in [6.07, 6.45) is 2.60. The third-order valence-corrected chi connectivity index (χ3v) is 6.21. The first-order valence-electron chi connectivity index (χ1n) is 12.7. The largest absolute Gasteiger partial charge is 0.453 e. The number of pyridine rings is 1. The maximum Gasteiger partial charge on any atom is 0.298 e. The molecule has 1 aliphatic rings. The highest BCUT2D eigenvalue weighted by atomic mass is 19.1. The lowest BCUT2D eigenvalue weighted by atomic mass is 10.2. The number of amides is 2. The van der Waals surface area contributed by atoms with Crippen molar-refractivity contribution in [3.8, 4) is 29.0 Å². The lowest BCUT2D eigenvalue weighted by molar-refractivity contribution is -0.125. The number of anilines is 2. The van der Waals surface area contributed by atoms with E-state index in [2.05, 4.69) is 32.6 Å². The Labute approximate surface area is 237 Å². The molecule has 3 heterocycles. The molecular weight excluding hydrogens is 548 g/mol. The summed E-state index contributed by atoms with van der Waals surface area (Å²) in [4.78, 5) is 43.7. The molecule has 42 heavy (non-hydrogen) atoms. The number of nitrogens with zero attached hydrogens (tertiary/aromatic N) is 4. The zero-order valence-corrected chi connectivity index (χ0v) is 21.9. The molecule has 0 saturated carbocycles. The molecule has 4 N–H and O–H groups in total. The minimum absolute atomic E-state index is 0.000969. The summed E-state index contributed by atoms with van der Waals surface area (Å²) in [5.74, 6) is 2.58. The summed E-state index contributed by atoms with van der Waals surface area (Å²) >= 11 is 0. The highest BCUT2D eigenvalue weighted by Crippen LogP contribution is 2.30. The molecule has 5 rings (SSSR count). The number of rotatable bonds is 5. The van der Waals surface area contributed by atoms with Crippen molar-refractivity contribution in [2.24, 2.45) is 0 Å². The molecule has 13 heteroatoms. The molecule has 2 amide bonds. The first-order valence-corrected chi connectivity index (χ1v) is 12.7. The highest BCUT2D eigenvalue weighted by molar-refractivity contribution is 6.04. The Morgan fingerprint density at radius 1 is 1.00 bits per heavy atom. The molecule has 2 aromatic carbocycles. The summed E-state index contributed by atoms with van der Waals surface area (Å²) < 4.78 is 35.0. The fraction of sp³-hybridized carbons (Fsp3) is 0.138. The second kappa shape index (κ2) is 12.3. The lowest BCUT2D eigenvalue weighted by Gasteiger charge is -2.25. The van der Waals surface area contributed by atoms with Crippen LogP contribution in [0.15, 0.2) is 71.8 Å². The third kappa shape index (κ3) is 6.24. The number of piperazine rings is 1. The van der Waals surface area contributed by atoms with Crippen LogP contribution in [0.1, 0.15) is 15.9 Å². The Morgan fingerprint density at radius 3 is 2.50 bits per heavy atom. The molecule has 0 unspecified atom stereocenters. The van der Waals surface area contributed by atoms with Crippen LogP contribution in [0.5, 0.6) is 11.5 Å². The second-order valence-corrected chi connectivity index (χ2v) is 9.00. The number of nitrogens with one attached hydrogen (secondary N) is 2. The van der Waals surface area contributed by atoms with Crippen molar-refractivity contribution >= 4 is 23.3 Å². The van der Waals surface area contributed by atoms with Gasteiger partial charge in [-0.2, -0.15) is 9.78 Å². The zero-order chi connectivity index (χ0) is 29.6. The van der Waals surface area contributed by atoms with E-state index in [0.717, 1.165) is 22.9 Å². The molecule has 212 valence electrons. The van der Waals surface area contributed by atoms with Gasteiger partial charge in [0.1, 0.15) is 28.5 Å². The number of ether oxygens (including phenoxy) is 1. The van der Waals surface area contributed by atoms with Crippen LogP contribution in [0, 0.1) is 23.5 Å². The molecule has 2 aromatic heterocycles. The maximum atomic E-state index is 15.0. The van der Waals surface area contributed by atoms with Crippen molar-refractivity contribution in [1.82, 2.24) is 25.0 Å². The Kier molecular flexibility index (Phi) is 8.17. The minimum atomic E-state index is -0.836. The van der Waals surface area contributed by atoms with Crippen molar-refractivity contribution < 1.29 is 23.1 Å². The summed E-state index contributed by atoms with van der Waals surface area (Å²) in [5, 5.41) is 9.55. The molecular formula is C29H23F2N7O4. The number of carbonyl (C=O) groups is 2. The molecule has 4 aromatic rings. The van der Waals surface area contributed by atoms with Gasteiger partial charge in [-0.25, -0.2) is 13.8 Å². The van der Waals surface area contributed by atoms with E-state index >= 15 is 4.39 Å². The summed E-state index contributed by atoms with van der Waals surface area (Å²) in [5.41, 5.74) is 5.38. The Bertz CT molecular complexity index is 1780. The molecule has 1 saturated heterocycles. The van der Waals surface area contributed by atoms with Crippen molar-refractivity contribution in [3.63, 3.8) is 0 Å². The molecule has 11 nitrogen and oxygen atoms in total. The fourth-order valence-corrected chi connectivity index (χ4v) is 4.06. The predicted molar refractivity (Wildman–Crippen MR) is 149 cm³/mol. The van der Waals surface area contributed by atoms with Crippen LogP contribution < -0.4 is 26.7 Å². The molecule has 0 radical (unpaired) electrons. The summed E-state index contributed by atoms with van der Waals surface area (Å²) in [6.45, 7) is 2.39. The van der Waals surface area contributed by atoms with Gasteiger partial charge in [-0.3, -0.25) is 14.4 Å². The van der Waals surface area contributed by atoms with Gasteiger partial charge in [-0.05, 0) is 48.4 Å². The van der Waals surface area contributed by atoms with Crippen LogP contribution in [0.4, 0.5) is 20.3 Å². The van der Waals surface area contributed by atoms with Gasteiger partial charge in [0.25, 0.3) is 17.4 Å². The number of carbonyl (C=O) groups excluding carboxylic acids is 2. The average molecular weight is 572 g/mol. The van der Waals surface area contributed by atoms with Crippen LogP contribution in [-0.2, 0) is 4.79 Å². The lowest BCUT2D eigenvalue weighted by Crippen LogP contribution is -2.46. The number of benzene rings is 2. The normalized spacial score (nSPS) is 12.7. The van der Waals surface area contributed by atoms with Gasteiger partial charge in [-0.15, -0.1) is 0 Å². The van der Waals surface area contributed by atoms with Gasteiger partial charge in [0, 0.05) is 62.3 Å². The average Bonchev–Trinajstić information content (AvgIpc) is 2.99. The van der Waals surface area contributed by atoms with E-state index in [4.69, 9.17) is 10.5 Å². The van der Waals surface area contributed by atoms with E-state index in [1.165, 1.54) is 48.8 Å². The van der Waals surface area contributed by atoms with Crippen molar-refractivity contribution in [2.75, 3.05) is 37.2 Å². The van der Waals surface area contributed by atoms with Crippen LogP contribution in [0.25, 0.3) is 5.69 Å². The van der Waals surface area contributed by atoms with Gasteiger partial charge < -0.3 is 26.0 Å². The molecule has 0 atom stereocenters.